The maximum absolute atomic E-state index is 13.9. The van der Waals surface area contributed by atoms with Gasteiger partial charge in [0.2, 0.25) is 5.95 Å². The molecule has 5 rings (SSSR count). The topological polar surface area (TPSA) is 91.3 Å². The smallest absolute Gasteiger partial charge is 0.229 e. The number of nitrogen functional groups attached to an aromatic ring is 1. The van der Waals surface area contributed by atoms with E-state index in [4.69, 9.17) is 15.2 Å². The number of anilines is 2. The Kier molecular flexibility index (Phi) is 4.16. The Bertz CT molecular complexity index is 1270. The van der Waals surface area contributed by atoms with Crippen molar-refractivity contribution in [3.05, 3.63) is 59.5 Å². The van der Waals surface area contributed by atoms with Gasteiger partial charge in [-0.25, -0.2) is 4.39 Å². The number of nitrogens with two attached hydrogens (primary N) is 1. The van der Waals surface area contributed by atoms with Crippen LogP contribution >= 0.6 is 0 Å². The van der Waals surface area contributed by atoms with Crippen molar-refractivity contribution in [3.63, 3.8) is 0 Å². The Morgan fingerprint density at radius 1 is 1.07 bits per heavy atom. The minimum absolute atomic E-state index is 0.357. The molecule has 30 heavy (non-hydrogen) atoms. The highest BCUT2D eigenvalue weighted by molar-refractivity contribution is 5.86. The van der Waals surface area contributed by atoms with Crippen molar-refractivity contribution in [1.82, 2.24) is 19.7 Å². The van der Waals surface area contributed by atoms with Crippen molar-refractivity contribution in [2.24, 2.45) is 7.05 Å². The summed E-state index contributed by atoms with van der Waals surface area (Å²) >= 11 is 0. The summed E-state index contributed by atoms with van der Waals surface area (Å²) in [6.07, 6.45) is 1.65. The fourth-order valence-electron chi connectivity index (χ4n) is 3.54. The van der Waals surface area contributed by atoms with Gasteiger partial charge in [0.25, 0.3) is 0 Å². The van der Waals surface area contributed by atoms with E-state index in [0.29, 0.717) is 53.1 Å². The molecule has 2 aromatic carbocycles. The molecule has 1 aliphatic rings. The van der Waals surface area contributed by atoms with Gasteiger partial charge in [0.15, 0.2) is 5.65 Å². The molecule has 2 aromatic heterocycles. The molecule has 0 amide bonds. The van der Waals surface area contributed by atoms with Crippen LogP contribution in [0.5, 0.6) is 17.2 Å². The molecule has 4 aromatic rings. The first-order chi connectivity index (χ1) is 14.5. The molecule has 2 N–H and O–H groups in total. The van der Waals surface area contributed by atoms with Gasteiger partial charge in [-0.1, -0.05) is 6.07 Å². The van der Waals surface area contributed by atoms with Crippen LogP contribution in [-0.2, 0) is 20.1 Å². The lowest BCUT2D eigenvalue weighted by atomic mass is 10.1. The number of hydrogen-bond donors (Lipinski definition) is 1. The van der Waals surface area contributed by atoms with Crippen molar-refractivity contribution >= 4 is 22.8 Å². The van der Waals surface area contributed by atoms with Crippen LogP contribution in [0.1, 0.15) is 11.1 Å². The quantitative estimate of drug-likeness (QED) is 0.545. The molecule has 0 bridgehead atoms. The first-order valence-electron chi connectivity index (χ1n) is 9.35. The number of fused-ring (bicyclic) bond motifs is 3. The van der Waals surface area contributed by atoms with Crippen LogP contribution in [0.25, 0.3) is 11.0 Å². The minimum Gasteiger partial charge on any atom is -0.497 e. The lowest BCUT2D eigenvalue weighted by Gasteiger charge is -2.28. The van der Waals surface area contributed by atoms with E-state index in [9.17, 15) is 4.39 Å². The standard InChI is InChI=1S/C21H19FN6O2/c1-27-20-16(9-24-27)19(23)25-21(26-20)28-10-12-3-5-14(22)7-17(12)30-18-8-15(29-2)6-4-13(18)11-28/h3-9H,10-11H2,1-2H3,(H2,23,25,26). The Hall–Kier alpha value is -3.88. The molecule has 0 fully saturated rings. The number of aromatic nitrogens is 4. The molecule has 3 heterocycles. The van der Waals surface area contributed by atoms with E-state index in [-0.39, 0.29) is 5.82 Å². The monoisotopic (exact) mass is 406 g/mol. The average Bonchev–Trinajstić information content (AvgIpc) is 3.10. The van der Waals surface area contributed by atoms with Gasteiger partial charge in [0.05, 0.1) is 18.7 Å². The number of nitrogens with zero attached hydrogens (tertiary/aromatic N) is 5. The summed E-state index contributed by atoms with van der Waals surface area (Å²) in [6.45, 7) is 0.892. The largest absolute Gasteiger partial charge is 0.497 e. The maximum atomic E-state index is 13.9. The molecular formula is C21H19FN6O2. The van der Waals surface area contributed by atoms with Crippen LogP contribution < -0.4 is 20.1 Å². The number of halogens is 1. The van der Waals surface area contributed by atoms with Crippen molar-refractivity contribution in [2.75, 3.05) is 17.7 Å². The zero-order chi connectivity index (χ0) is 20.8. The van der Waals surface area contributed by atoms with Crippen molar-refractivity contribution in [2.45, 2.75) is 13.1 Å². The number of methoxy groups -OCH3 is 1. The second-order valence-electron chi connectivity index (χ2n) is 7.10. The number of hydrogen-bond acceptors (Lipinski definition) is 7. The predicted molar refractivity (Wildman–Crippen MR) is 110 cm³/mol. The number of ether oxygens (including phenoxy) is 2. The summed E-state index contributed by atoms with van der Waals surface area (Å²) in [6, 6.07) is 10.0. The van der Waals surface area contributed by atoms with Crippen LogP contribution in [0.3, 0.4) is 0 Å². The second-order valence-corrected chi connectivity index (χ2v) is 7.10. The predicted octanol–water partition coefficient (Wildman–Crippen LogP) is 3.41. The summed E-state index contributed by atoms with van der Waals surface area (Å²) in [5.41, 5.74) is 8.51. The van der Waals surface area contributed by atoms with Gasteiger partial charge in [-0.3, -0.25) is 4.68 Å². The number of aryl methyl sites for hydroxylation is 1. The molecule has 0 aliphatic carbocycles. The minimum atomic E-state index is -0.373. The molecule has 0 saturated carbocycles. The summed E-state index contributed by atoms with van der Waals surface area (Å²) in [5, 5.41) is 4.92. The van der Waals surface area contributed by atoms with Gasteiger partial charge in [0.1, 0.15) is 28.9 Å². The van der Waals surface area contributed by atoms with Crippen LogP contribution in [0, 0.1) is 5.82 Å². The number of benzene rings is 2. The third-order valence-corrected chi connectivity index (χ3v) is 5.14. The first-order valence-corrected chi connectivity index (χ1v) is 9.35. The van der Waals surface area contributed by atoms with Crippen LogP contribution in [0.4, 0.5) is 16.2 Å². The molecule has 0 radical (unpaired) electrons. The molecule has 0 unspecified atom stereocenters. The van der Waals surface area contributed by atoms with Gasteiger partial charge >= 0.3 is 0 Å². The lowest BCUT2D eigenvalue weighted by molar-refractivity contribution is 0.406. The van der Waals surface area contributed by atoms with E-state index >= 15 is 0 Å². The van der Waals surface area contributed by atoms with Crippen molar-refractivity contribution in [1.29, 1.82) is 0 Å². The molecule has 8 nitrogen and oxygen atoms in total. The Labute approximate surface area is 171 Å². The fourth-order valence-corrected chi connectivity index (χ4v) is 3.54. The summed E-state index contributed by atoms with van der Waals surface area (Å²) in [7, 11) is 3.39. The highest BCUT2D eigenvalue weighted by atomic mass is 19.1. The molecule has 0 saturated heterocycles. The number of rotatable bonds is 2. The third kappa shape index (κ3) is 3.04. The maximum Gasteiger partial charge on any atom is 0.229 e. The fraction of sp³-hybridized carbons (Fsp3) is 0.190. The van der Waals surface area contributed by atoms with Crippen molar-refractivity contribution < 1.29 is 13.9 Å². The normalized spacial score (nSPS) is 13.2. The molecule has 9 heteroatoms. The SMILES string of the molecule is COc1ccc2c(c1)Oc1cc(F)ccc1CN(c1nc(N)c3cnn(C)c3n1)C2. The van der Waals surface area contributed by atoms with Crippen LogP contribution in [-0.4, -0.2) is 26.9 Å². The summed E-state index contributed by atoms with van der Waals surface area (Å²) < 4.78 is 27.0. The van der Waals surface area contributed by atoms with Gasteiger partial charge in [-0.15, -0.1) is 0 Å². The average molecular weight is 406 g/mol. The van der Waals surface area contributed by atoms with Crippen LogP contribution in [0.15, 0.2) is 42.6 Å². The summed E-state index contributed by atoms with van der Waals surface area (Å²) in [5.74, 6) is 2.11. The Balaban J connectivity index is 1.67. The van der Waals surface area contributed by atoms with E-state index in [2.05, 4.69) is 15.1 Å². The Morgan fingerprint density at radius 2 is 1.80 bits per heavy atom. The van der Waals surface area contributed by atoms with Gasteiger partial charge < -0.3 is 20.1 Å². The van der Waals surface area contributed by atoms with E-state index in [1.165, 1.54) is 12.1 Å². The van der Waals surface area contributed by atoms with E-state index in [1.54, 1.807) is 37.2 Å². The highest BCUT2D eigenvalue weighted by Crippen LogP contribution is 2.36. The second kappa shape index (κ2) is 6.87. The molecular weight excluding hydrogens is 387 g/mol. The summed E-state index contributed by atoms with van der Waals surface area (Å²) in [4.78, 5) is 11.2. The lowest BCUT2D eigenvalue weighted by Crippen LogP contribution is -2.26. The first kappa shape index (κ1) is 18.2. The van der Waals surface area contributed by atoms with Gasteiger partial charge in [-0.05, 0) is 18.2 Å². The van der Waals surface area contributed by atoms with E-state index in [1.807, 2.05) is 17.0 Å². The Morgan fingerprint density at radius 3 is 2.57 bits per heavy atom. The van der Waals surface area contributed by atoms with E-state index < -0.39 is 0 Å². The molecule has 1 aliphatic heterocycles. The van der Waals surface area contributed by atoms with Gasteiger partial charge in [0, 0.05) is 43.4 Å². The van der Waals surface area contributed by atoms with Crippen molar-refractivity contribution in [3.8, 4) is 17.2 Å². The highest BCUT2D eigenvalue weighted by Gasteiger charge is 2.23. The van der Waals surface area contributed by atoms with Crippen LogP contribution in [0.2, 0.25) is 0 Å². The molecule has 0 atom stereocenters. The van der Waals surface area contributed by atoms with E-state index in [0.717, 1.165) is 11.1 Å². The zero-order valence-electron chi connectivity index (χ0n) is 16.5. The molecule has 0 spiro atoms. The zero-order valence-corrected chi connectivity index (χ0v) is 16.5. The third-order valence-electron chi connectivity index (χ3n) is 5.14. The molecule has 152 valence electrons. The van der Waals surface area contributed by atoms with Gasteiger partial charge in [-0.2, -0.15) is 15.1 Å².